The van der Waals surface area contributed by atoms with Gasteiger partial charge in [-0.05, 0) is 12.8 Å². The van der Waals surface area contributed by atoms with Crippen molar-refractivity contribution in [2.45, 2.75) is 57.8 Å². The largest absolute Gasteiger partial charge is 0.548 e. The lowest BCUT2D eigenvalue weighted by atomic mass is 10.1. The van der Waals surface area contributed by atoms with E-state index in [1.807, 2.05) is 0 Å². The molecule has 0 aliphatic rings. The number of aliphatic carboxylic acids is 1. The summed E-state index contributed by atoms with van der Waals surface area (Å²) in [6.45, 7) is 0.104. The zero-order valence-corrected chi connectivity index (χ0v) is 10.1. The molecule has 0 spiro atoms. The summed E-state index contributed by atoms with van der Waals surface area (Å²) in [6, 6.07) is 0. The standard InChI is InChI=1S/C12H22F2O3/c13-11(14)8-6-4-2-1-3-5-7-9-17-10-12(15)16/h11H,1-10H2,(H,15,16)/p-1. The SMILES string of the molecule is O=C([O-])COCCCCCCCCCC(F)F. The number of carboxylic acids is 1. The first-order valence-corrected chi connectivity index (χ1v) is 6.18. The molecule has 0 aromatic heterocycles. The number of halogens is 2. The summed E-state index contributed by atoms with van der Waals surface area (Å²) in [5.41, 5.74) is 0. The third-order valence-corrected chi connectivity index (χ3v) is 2.43. The molecule has 3 nitrogen and oxygen atoms in total. The Bertz CT molecular complexity index is 187. The van der Waals surface area contributed by atoms with Gasteiger partial charge in [-0.1, -0.05) is 32.1 Å². The van der Waals surface area contributed by atoms with Gasteiger partial charge in [-0.2, -0.15) is 0 Å². The number of alkyl halides is 2. The van der Waals surface area contributed by atoms with Crippen LogP contribution in [0.25, 0.3) is 0 Å². The van der Waals surface area contributed by atoms with Gasteiger partial charge in [-0.3, -0.25) is 0 Å². The minimum atomic E-state index is -2.17. The maximum atomic E-state index is 11.8. The van der Waals surface area contributed by atoms with Crippen molar-refractivity contribution in [2.24, 2.45) is 0 Å². The Morgan fingerprint density at radius 3 is 2.06 bits per heavy atom. The summed E-state index contributed by atoms with van der Waals surface area (Å²) in [7, 11) is 0. The lowest BCUT2D eigenvalue weighted by Gasteiger charge is -2.04. The zero-order valence-electron chi connectivity index (χ0n) is 10.1. The summed E-state index contributed by atoms with van der Waals surface area (Å²) in [6.07, 6.45) is 4.22. The highest BCUT2D eigenvalue weighted by Gasteiger charge is 2.00. The molecule has 0 unspecified atom stereocenters. The number of unbranched alkanes of at least 4 members (excludes halogenated alkanes) is 6. The van der Waals surface area contributed by atoms with E-state index in [4.69, 9.17) is 4.74 Å². The van der Waals surface area contributed by atoms with Crippen molar-refractivity contribution in [3.8, 4) is 0 Å². The van der Waals surface area contributed by atoms with Gasteiger partial charge in [-0.15, -0.1) is 0 Å². The highest BCUT2D eigenvalue weighted by molar-refractivity contribution is 5.65. The van der Waals surface area contributed by atoms with E-state index in [0.29, 0.717) is 13.0 Å². The molecule has 0 saturated carbocycles. The van der Waals surface area contributed by atoms with Crippen molar-refractivity contribution in [1.82, 2.24) is 0 Å². The van der Waals surface area contributed by atoms with E-state index in [1.165, 1.54) is 0 Å². The summed E-state index contributed by atoms with van der Waals surface area (Å²) in [5, 5.41) is 9.99. The topological polar surface area (TPSA) is 49.4 Å². The van der Waals surface area contributed by atoms with Crippen LogP contribution >= 0.6 is 0 Å². The molecule has 0 aromatic rings. The number of carbonyl (C=O) groups excluding carboxylic acids is 1. The number of hydrogen-bond acceptors (Lipinski definition) is 3. The number of hydrogen-bond donors (Lipinski definition) is 0. The van der Waals surface area contributed by atoms with Gasteiger partial charge in [0.2, 0.25) is 6.43 Å². The van der Waals surface area contributed by atoms with Gasteiger partial charge < -0.3 is 14.6 Å². The highest BCUT2D eigenvalue weighted by Crippen LogP contribution is 2.11. The summed E-state index contributed by atoms with van der Waals surface area (Å²) < 4.78 is 28.4. The number of carbonyl (C=O) groups is 1. The van der Waals surface area contributed by atoms with E-state index in [9.17, 15) is 18.7 Å². The predicted octanol–water partition coefficient (Wildman–Crippen LogP) is 2.14. The number of rotatable bonds is 12. The van der Waals surface area contributed by atoms with Gasteiger partial charge in [0, 0.05) is 13.0 Å². The zero-order chi connectivity index (χ0) is 12.9. The Morgan fingerprint density at radius 2 is 1.53 bits per heavy atom. The van der Waals surface area contributed by atoms with E-state index in [2.05, 4.69) is 0 Å². The molecule has 102 valence electrons. The van der Waals surface area contributed by atoms with Crippen LogP contribution in [0, 0.1) is 0 Å². The molecular formula is C12H21F2O3-. The first kappa shape index (κ1) is 16.3. The molecule has 0 amide bonds. The molecule has 0 bridgehead atoms. The Labute approximate surface area is 101 Å². The number of carboxylic acid groups (broad SMARTS) is 1. The van der Waals surface area contributed by atoms with Crippen molar-refractivity contribution >= 4 is 5.97 Å². The minimum absolute atomic E-state index is 0.0110. The molecule has 0 fully saturated rings. The van der Waals surface area contributed by atoms with Crippen LogP contribution in [0.2, 0.25) is 0 Å². The molecule has 17 heavy (non-hydrogen) atoms. The average Bonchev–Trinajstić information content (AvgIpc) is 2.25. The molecule has 0 saturated heterocycles. The first-order chi connectivity index (χ1) is 8.13. The van der Waals surface area contributed by atoms with E-state index < -0.39 is 12.4 Å². The summed E-state index contributed by atoms with van der Waals surface area (Å²) in [5.74, 6) is -1.19. The third-order valence-electron chi connectivity index (χ3n) is 2.43. The molecule has 0 aromatic carbocycles. The van der Waals surface area contributed by atoms with E-state index in [-0.39, 0.29) is 13.0 Å². The summed E-state index contributed by atoms with van der Waals surface area (Å²) >= 11 is 0. The second-order valence-corrected chi connectivity index (χ2v) is 4.08. The average molecular weight is 251 g/mol. The van der Waals surface area contributed by atoms with Gasteiger partial charge >= 0.3 is 0 Å². The fraction of sp³-hybridized carbons (Fsp3) is 0.917. The van der Waals surface area contributed by atoms with Crippen LogP contribution in [-0.2, 0) is 9.53 Å². The summed E-state index contributed by atoms with van der Waals surface area (Å²) in [4.78, 5) is 9.99. The van der Waals surface area contributed by atoms with Crippen molar-refractivity contribution in [3.63, 3.8) is 0 Å². The molecule has 0 aliphatic carbocycles. The van der Waals surface area contributed by atoms with Crippen molar-refractivity contribution in [3.05, 3.63) is 0 Å². The molecular weight excluding hydrogens is 230 g/mol. The highest BCUT2D eigenvalue weighted by atomic mass is 19.3. The van der Waals surface area contributed by atoms with Gasteiger partial charge in [0.25, 0.3) is 0 Å². The Balaban J connectivity index is 2.96. The van der Waals surface area contributed by atoms with Crippen molar-refractivity contribution in [1.29, 1.82) is 0 Å². The maximum absolute atomic E-state index is 11.8. The minimum Gasteiger partial charge on any atom is -0.548 e. The van der Waals surface area contributed by atoms with E-state index in [1.54, 1.807) is 0 Å². The van der Waals surface area contributed by atoms with Crippen LogP contribution in [-0.4, -0.2) is 25.6 Å². The third kappa shape index (κ3) is 15.3. The second kappa shape index (κ2) is 11.8. The maximum Gasteiger partial charge on any atom is 0.238 e. The van der Waals surface area contributed by atoms with Gasteiger partial charge in [-0.25, -0.2) is 8.78 Å². The molecule has 0 aliphatic heterocycles. The van der Waals surface area contributed by atoms with E-state index >= 15 is 0 Å². The predicted molar refractivity (Wildman–Crippen MR) is 58.8 cm³/mol. The molecule has 0 heterocycles. The molecule has 0 atom stereocenters. The van der Waals surface area contributed by atoms with Crippen molar-refractivity contribution < 1.29 is 23.4 Å². The fourth-order valence-electron chi connectivity index (χ4n) is 1.54. The van der Waals surface area contributed by atoms with Gasteiger partial charge in [0.05, 0.1) is 12.6 Å². The molecule has 0 N–H and O–H groups in total. The fourth-order valence-corrected chi connectivity index (χ4v) is 1.54. The van der Waals surface area contributed by atoms with Crippen LogP contribution in [0.3, 0.4) is 0 Å². The smallest absolute Gasteiger partial charge is 0.238 e. The second-order valence-electron chi connectivity index (χ2n) is 4.08. The van der Waals surface area contributed by atoms with Crippen LogP contribution in [0.1, 0.15) is 51.4 Å². The van der Waals surface area contributed by atoms with Gasteiger partial charge in [0.1, 0.15) is 0 Å². The van der Waals surface area contributed by atoms with Gasteiger partial charge in [0.15, 0.2) is 0 Å². The molecule has 5 heteroatoms. The molecule has 0 radical (unpaired) electrons. The monoisotopic (exact) mass is 251 g/mol. The van der Waals surface area contributed by atoms with Crippen LogP contribution in [0.15, 0.2) is 0 Å². The van der Waals surface area contributed by atoms with E-state index in [0.717, 1.165) is 38.5 Å². The first-order valence-electron chi connectivity index (χ1n) is 6.18. The molecule has 0 rings (SSSR count). The van der Waals surface area contributed by atoms with Crippen LogP contribution in [0.4, 0.5) is 8.78 Å². The normalized spacial score (nSPS) is 11.0. The Kier molecular flexibility index (Phi) is 11.3. The lowest BCUT2D eigenvalue weighted by Crippen LogP contribution is -2.27. The number of ether oxygens (including phenoxy) is 1. The van der Waals surface area contributed by atoms with Crippen LogP contribution in [0.5, 0.6) is 0 Å². The van der Waals surface area contributed by atoms with Crippen molar-refractivity contribution in [2.75, 3.05) is 13.2 Å². The lowest BCUT2D eigenvalue weighted by molar-refractivity contribution is -0.309. The van der Waals surface area contributed by atoms with Crippen LogP contribution < -0.4 is 5.11 Å². The Hall–Kier alpha value is -0.710. The Morgan fingerprint density at radius 1 is 1.00 bits per heavy atom. The quantitative estimate of drug-likeness (QED) is 0.499.